The van der Waals surface area contributed by atoms with Crippen LogP contribution in [0.25, 0.3) is 10.6 Å². The quantitative estimate of drug-likeness (QED) is 0.551. The van der Waals surface area contributed by atoms with E-state index in [1.54, 1.807) is 12.1 Å². The summed E-state index contributed by atoms with van der Waals surface area (Å²) in [4.78, 5) is 15.8. The van der Waals surface area contributed by atoms with E-state index in [1.165, 1.54) is 12.4 Å². The third-order valence-corrected chi connectivity index (χ3v) is 4.31. The first kappa shape index (κ1) is 20.5. The molecule has 3 aromatic rings. The number of carbonyl (C=O) groups excluding carboxylic acids is 1. The first-order chi connectivity index (χ1) is 13.5. The van der Waals surface area contributed by atoms with E-state index in [0.29, 0.717) is 22.7 Å². The Morgan fingerprint density at radius 1 is 0.862 bits per heavy atom. The maximum absolute atomic E-state index is 12.9. The van der Waals surface area contributed by atoms with Crippen molar-refractivity contribution in [1.82, 2.24) is 15.2 Å². The number of urea groups is 1. The van der Waals surface area contributed by atoms with Gasteiger partial charge in [0, 0.05) is 23.6 Å². The SMILES string of the molecule is O=C(Nc1cc(C(F)(F)F)cc(C(F)(F)F)c1)Nc1nnc(-c2ccncc2)s1. The van der Waals surface area contributed by atoms with Gasteiger partial charge in [-0.15, -0.1) is 10.2 Å². The first-order valence-corrected chi connectivity index (χ1v) is 8.45. The van der Waals surface area contributed by atoms with Gasteiger partial charge in [-0.05, 0) is 30.3 Å². The zero-order chi connectivity index (χ0) is 21.2. The molecule has 0 atom stereocenters. The molecule has 0 saturated carbocycles. The second-order valence-corrected chi connectivity index (χ2v) is 6.50. The van der Waals surface area contributed by atoms with Crippen molar-refractivity contribution in [3.8, 4) is 10.6 Å². The van der Waals surface area contributed by atoms with E-state index in [9.17, 15) is 31.1 Å². The van der Waals surface area contributed by atoms with Crippen LogP contribution in [0.5, 0.6) is 0 Å². The summed E-state index contributed by atoms with van der Waals surface area (Å²) in [7, 11) is 0. The Labute approximate surface area is 162 Å². The lowest BCUT2D eigenvalue weighted by molar-refractivity contribution is -0.143. The molecule has 2 aromatic heterocycles. The average molecular weight is 433 g/mol. The fourth-order valence-corrected chi connectivity index (χ4v) is 2.92. The Morgan fingerprint density at radius 3 is 2.00 bits per heavy atom. The van der Waals surface area contributed by atoms with Gasteiger partial charge in [-0.2, -0.15) is 26.3 Å². The number of pyridine rings is 1. The number of alkyl halides is 6. The topological polar surface area (TPSA) is 79.8 Å². The molecule has 2 amide bonds. The summed E-state index contributed by atoms with van der Waals surface area (Å²) in [5.74, 6) is 0. The van der Waals surface area contributed by atoms with Crippen LogP contribution >= 0.6 is 11.3 Å². The van der Waals surface area contributed by atoms with Crippen molar-refractivity contribution in [3.63, 3.8) is 0 Å². The molecule has 0 aliphatic rings. The van der Waals surface area contributed by atoms with E-state index in [2.05, 4.69) is 20.5 Å². The van der Waals surface area contributed by atoms with E-state index in [1.807, 2.05) is 5.32 Å². The summed E-state index contributed by atoms with van der Waals surface area (Å²) in [6.45, 7) is 0. The lowest BCUT2D eigenvalue weighted by Gasteiger charge is -2.14. The number of halogens is 6. The Kier molecular flexibility index (Phi) is 5.42. The molecular formula is C16H9F6N5OS. The third kappa shape index (κ3) is 5.19. The lowest BCUT2D eigenvalue weighted by atomic mass is 10.1. The fraction of sp³-hybridized carbons (Fsp3) is 0.125. The van der Waals surface area contributed by atoms with Gasteiger partial charge in [-0.3, -0.25) is 10.3 Å². The van der Waals surface area contributed by atoms with Crippen LogP contribution in [0.1, 0.15) is 11.1 Å². The molecular weight excluding hydrogens is 424 g/mol. The predicted molar refractivity (Wildman–Crippen MR) is 92.2 cm³/mol. The molecule has 2 heterocycles. The standard InChI is InChI=1S/C16H9F6N5OS/c17-15(18,19)9-5-10(16(20,21)22)7-11(6-9)24-13(28)25-14-27-26-12(29-14)8-1-3-23-4-2-8/h1-7H,(H2,24,25,27,28). The van der Waals surface area contributed by atoms with Crippen LogP contribution < -0.4 is 10.6 Å². The van der Waals surface area contributed by atoms with Crippen LogP contribution in [-0.4, -0.2) is 21.2 Å². The maximum atomic E-state index is 12.9. The second kappa shape index (κ2) is 7.66. The summed E-state index contributed by atoms with van der Waals surface area (Å²) in [5, 5.41) is 12.1. The van der Waals surface area contributed by atoms with Gasteiger partial charge in [-0.25, -0.2) is 4.79 Å². The Morgan fingerprint density at radius 2 is 1.45 bits per heavy atom. The van der Waals surface area contributed by atoms with Gasteiger partial charge in [0.05, 0.1) is 11.1 Å². The predicted octanol–water partition coefficient (Wildman–Crippen LogP) is 5.28. The van der Waals surface area contributed by atoms with E-state index in [0.717, 1.165) is 11.3 Å². The molecule has 0 aliphatic heterocycles. The summed E-state index contributed by atoms with van der Waals surface area (Å²) in [6, 6.07) is 2.98. The number of rotatable bonds is 3. The molecule has 0 spiro atoms. The van der Waals surface area contributed by atoms with Crippen LogP contribution in [0.15, 0.2) is 42.7 Å². The van der Waals surface area contributed by atoms with Crippen LogP contribution in [0.4, 0.5) is 42.0 Å². The number of hydrogen-bond acceptors (Lipinski definition) is 5. The summed E-state index contributed by atoms with van der Waals surface area (Å²) >= 11 is 0.958. The number of nitrogens with one attached hydrogen (secondary N) is 2. The molecule has 0 fully saturated rings. The van der Waals surface area contributed by atoms with Crippen LogP contribution in [0.2, 0.25) is 0 Å². The summed E-state index contributed by atoms with van der Waals surface area (Å²) < 4.78 is 77.2. The van der Waals surface area contributed by atoms with Crippen molar-refractivity contribution in [3.05, 3.63) is 53.9 Å². The minimum absolute atomic E-state index is 0.00247. The summed E-state index contributed by atoms with van der Waals surface area (Å²) in [6.07, 6.45) is -7.01. The Hall–Kier alpha value is -3.22. The maximum Gasteiger partial charge on any atom is 0.416 e. The normalized spacial score (nSPS) is 11.9. The van der Waals surface area contributed by atoms with Crippen LogP contribution in [0, 0.1) is 0 Å². The minimum Gasteiger partial charge on any atom is -0.308 e. The molecule has 0 saturated heterocycles. The number of aromatic nitrogens is 3. The molecule has 6 nitrogen and oxygen atoms in total. The Balaban J connectivity index is 1.78. The molecule has 0 radical (unpaired) electrons. The molecule has 0 bridgehead atoms. The molecule has 13 heteroatoms. The largest absolute Gasteiger partial charge is 0.416 e. The zero-order valence-electron chi connectivity index (χ0n) is 14.0. The molecule has 0 unspecified atom stereocenters. The number of hydrogen-bond donors (Lipinski definition) is 2. The average Bonchev–Trinajstić information content (AvgIpc) is 3.09. The molecule has 152 valence electrons. The zero-order valence-corrected chi connectivity index (χ0v) is 14.8. The van der Waals surface area contributed by atoms with Gasteiger partial charge < -0.3 is 5.32 Å². The number of anilines is 2. The highest BCUT2D eigenvalue weighted by molar-refractivity contribution is 7.18. The van der Waals surface area contributed by atoms with E-state index in [-0.39, 0.29) is 11.2 Å². The van der Waals surface area contributed by atoms with Crippen molar-refractivity contribution in [2.45, 2.75) is 12.4 Å². The van der Waals surface area contributed by atoms with Crippen molar-refractivity contribution < 1.29 is 31.1 Å². The van der Waals surface area contributed by atoms with Crippen LogP contribution in [-0.2, 0) is 12.4 Å². The van der Waals surface area contributed by atoms with Gasteiger partial charge in [0.25, 0.3) is 0 Å². The van der Waals surface area contributed by atoms with Crippen LogP contribution in [0.3, 0.4) is 0 Å². The highest BCUT2D eigenvalue weighted by Gasteiger charge is 2.37. The van der Waals surface area contributed by atoms with Gasteiger partial charge in [0.15, 0.2) is 0 Å². The number of amides is 2. The monoisotopic (exact) mass is 433 g/mol. The molecule has 2 N–H and O–H groups in total. The number of carbonyl (C=O) groups is 1. The highest BCUT2D eigenvalue weighted by atomic mass is 32.1. The van der Waals surface area contributed by atoms with Crippen molar-refractivity contribution in [2.24, 2.45) is 0 Å². The smallest absolute Gasteiger partial charge is 0.308 e. The van der Waals surface area contributed by atoms with Gasteiger partial charge >= 0.3 is 18.4 Å². The third-order valence-electron chi connectivity index (χ3n) is 3.42. The van der Waals surface area contributed by atoms with Gasteiger partial charge in [0.2, 0.25) is 5.13 Å². The highest BCUT2D eigenvalue weighted by Crippen LogP contribution is 2.37. The van der Waals surface area contributed by atoms with Crippen molar-refractivity contribution in [1.29, 1.82) is 0 Å². The molecule has 0 aliphatic carbocycles. The fourth-order valence-electron chi connectivity index (χ4n) is 2.17. The minimum atomic E-state index is -5.02. The van der Waals surface area contributed by atoms with E-state index in [4.69, 9.17) is 0 Å². The van der Waals surface area contributed by atoms with E-state index < -0.39 is 35.2 Å². The summed E-state index contributed by atoms with van der Waals surface area (Å²) in [5.41, 5.74) is -3.10. The number of nitrogens with zero attached hydrogens (tertiary/aromatic N) is 3. The van der Waals surface area contributed by atoms with Crippen molar-refractivity contribution in [2.75, 3.05) is 10.6 Å². The molecule has 29 heavy (non-hydrogen) atoms. The molecule has 3 rings (SSSR count). The molecule has 1 aromatic carbocycles. The second-order valence-electron chi connectivity index (χ2n) is 5.52. The van der Waals surface area contributed by atoms with Crippen molar-refractivity contribution >= 4 is 28.2 Å². The van der Waals surface area contributed by atoms with Gasteiger partial charge in [-0.1, -0.05) is 11.3 Å². The Bertz CT molecular complexity index is 986. The first-order valence-electron chi connectivity index (χ1n) is 7.64. The van der Waals surface area contributed by atoms with Gasteiger partial charge in [0.1, 0.15) is 5.01 Å². The lowest BCUT2D eigenvalue weighted by Crippen LogP contribution is -2.20. The number of benzene rings is 1. The van der Waals surface area contributed by atoms with E-state index >= 15 is 0 Å².